The summed E-state index contributed by atoms with van der Waals surface area (Å²) in [5, 5.41) is 2.63. The smallest absolute Gasteiger partial charge is 0.325 e. The minimum atomic E-state index is -2.60. The highest BCUT2D eigenvalue weighted by Gasteiger charge is 2.48. The molecular weight excluding hydrogens is 393 g/mol. The minimum Gasteiger partial charge on any atom is -0.496 e. The topological polar surface area (TPSA) is 58.6 Å². The van der Waals surface area contributed by atoms with E-state index in [1.807, 2.05) is 0 Å². The summed E-state index contributed by atoms with van der Waals surface area (Å²) in [7, 11) is 1.36. The van der Waals surface area contributed by atoms with Gasteiger partial charge in [-0.3, -0.25) is 9.69 Å². The van der Waals surface area contributed by atoms with E-state index in [2.05, 4.69) is 5.32 Å². The standard InChI is InChI=1S/C19H17F3N2O3S/c1-19(12-4-6-13(20)7-5-12)16(25)24(18(26)23-19)10-11-3-8-15(28-17(21)22)14(9-11)27-2/h3-9,17H,10H2,1-2H3,(H,23,26). The highest BCUT2D eigenvalue weighted by molar-refractivity contribution is 7.99. The summed E-state index contributed by atoms with van der Waals surface area (Å²) in [5.41, 5.74) is -0.321. The van der Waals surface area contributed by atoms with Crippen LogP contribution < -0.4 is 10.1 Å². The Bertz CT molecular complexity index is 908. The Balaban J connectivity index is 1.84. The van der Waals surface area contributed by atoms with Crippen molar-refractivity contribution in [2.75, 3.05) is 7.11 Å². The monoisotopic (exact) mass is 410 g/mol. The summed E-state index contributed by atoms with van der Waals surface area (Å²) in [6.45, 7) is 1.49. The summed E-state index contributed by atoms with van der Waals surface area (Å²) in [5.74, 6) is -3.30. The number of carbonyl (C=O) groups excluding carboxylic acids is 2. The Labute approximate surface area is 163 Å². The van der Waals surface area contributed by atoms with Crippen molar-refractivity contribution >= 4 is 23.7 Å². The average molecular weight is 410 g/mol. The van der Waals surface area contributed by atoms with Crippen LogP contribution in [-0.4, -0.2) is 29.7 Å². The number of benzene rings is 2. The number of halogens is 3. The molecule has 1 N–H and O–H groups in total. The van der Waals surface area contributed by atoms with Gasteiger partial charge in [-0.15, -0.1) is 0 Å². The van der Waals surface area contributed by atoms with Crippen LogP contribution in [-0.2, 0) is 16.9 Å². The molecule has 3 rings (SSSR count). The van der Waals surface area contributed by atoms with Gasteiger partial charge in [0, 0.05) is 0 Å². The number of amides is 3. The van der Waals surface area contributed by atoms with Gasteiger partial charge in [-0.1, -0.05) is 30.0 Å². The number of carbonyl (C=O) groups is 2. The quantitative estimate of drug-likeness (QED) is 0.575. The molecule has 0 bridgehead atoms. The van der Waals surface area contributed by atoms with E-state index in [4.69, 9.17) is 4.74 Å². The number of methoxy groups -OCH3 is 1. The molecule has 2 aromatic carbocycles. The first-order valence-corrected chi connectivity index (χ1v) is 9.14. The molecule has 5 nitrogen and oxygen atoms in total. The summed E-state index contributed by atoms with van der Waals surface area (Å²) in [6, 6.07) is 9.25. The fourth-order valence-corrected chi connectivity index (χ4v) is 3.60. The average Bonchev–Trinajstić information content (AvgIpc) is 2.87. The fraction of sp³-hybridized carbons (Fsp3) is 0.263. The molecule has 1 aliphatic heterocycles. The molecular formula is C19H17F3N2O3S. The third-order valence-electron chi connectivity index (χ3n) is 4.48. The van der Waals surface area contributed by atoms with Gasteiger partial charge in [0.1, 0.15) is 17.1 Å². The van der Waals surface area contributed by atoms with Gasteiger partial charge in [0.15, 0.2) is 0 Å². The van der Waals surface area contributed by atoms with Crippen LogP contribution in [0.5, 0.6) is 5.75 Å². The molecule has 2 aromatic rings. The summed E-state index contributed by atoms with van der Waals surface area (Å²) in [4.78, 5) is 26.6. The molecule has 3 amide bonds. The molecule has 1 saturated heterocycles. The van der Waals surface area contributed by atoms with Crippen LogP contribution in [0.2, 0.25) is 0 Å². The lowest BCUT2D eigenvalue weighted by Gasteiger charge is -2.22. The molecule has 0 saturated carbocycles. The zero-order chi connectivity index (χ0) is 20.5. The third-order valence-corrected chi connectivity index (χ3v) is 5.25. The van der Waals surface area contributed by atoms with Crippen LogP contribution in [0.25, 0.3) is 0 Å². The molecule has 9 heteroatoms. The SMILES string of the molecule is COc1cc(CN2C(=O)NC(C)(c3ccc(F)cc3)C2=O)ccc1SC(F)F. The molecule has 1 atom stereocenters. The predicted molar refractivity (Wildman–Crippen MR) is 97.7 cm³/mol. The van der Waals surface area contributed by atoms with Crippen LogP contribution in [0.15, 0.2) is 47.4 Å². The van der Waals surface area contributed by atoms with E-state index in [0.29, 0.717) is 22.9 Å². The third kappa shape index (κ3) is 3.80. The van der Waals surface area contributed by atoms with Crippen molar-refractivity contribution in [3.05, 3.63) is 59.4 Å². The number of hydrogen-bond donors (Lipinski definition) is 1. The number of hydrogen-bond acceptors (Lipinski definition) is 4. The molecule has 1 aliphatic rings. The lowest BCUT2D eigenvalue weighted by Crippen LogP contribution is -2.40. The van der Waals surface area contributed by atoms with Crippen LogP contribution in [0.3, 0.4) is 0 Å². The van der Waals surface area contributed by atoms with Gasteiger partial charge >= 0.3 is 6.03 Å². The molecule has 0 aliphatic carbocycles. The van der Waals surface area contributed by atoms with Gasteiger partial charge < -0.3 is 10.1 Å². The minimum absolute atomic E-state index is 0.0581. The number of nitrogens with zero attached hydrogens (tertiary/aromatic N) is 1. The Morgan fingerprint density at radius 1 is 1.18 bits per heavy atom. The Kier molecular flexibility index (Phi) is 5.55. The number of rotatable bonds is 6. The Morgan fingerprint density at radius 3 is 2.46 bits per heavy atom. The van der Waals surface area contributed by atoms with E-state index in [1.165, 1.54) is 43.5 Å². The van der Waals surface area contributed by atoms with Crippen LogP contribution in [0, 0.1) is 5.82 Å². The molecule has 1 heterocycles. The van der Waals surface area contributed by atoms with Gasteiger partial charge in [0.25, 0.3) is 11.7 Å². The first kappa shape index (κ1) is 20.1. The van der Waals surface area contributed by atoms with Crippen molar-refractivity contribution in [3.8, 4) is 5.75 Å². The summed E-state index contributed by atoms with van der Waals surface area (Å²) >= 11 is 0.352. The van der Waals surface area contributed by atoms with E-state index in [0.717, 1.165) is 4.90 Å². The Morgan fingerprint density at radius 2 is 1.86 bits per heavy atom. The van der Waals surface area contributed by atoms with Gasteiger partial charge in [0.2, 0.25) is 0 Å². The van der Waals surface area contributed by atoms with E-state index < -0.39 is 29.1 Å². The number of thioether (sulfide) groups is 1. The summed E-state index contributed by atoms with van der Waals surface area (Å²) in [6.07, 6.45) is 0. The van der Waals surface area contributed by atoms with Gasteiger partial charge in [-0.25, -0.2) is 9.18 Å². The largest absolute Gasteiger partial charge is 0.496 e. The molecule has 0 spiro atoms. The van der Waals surface area contributed by atoms with Crippen molar-refractivity contribution in [1.82, 2.24) is 10.2 Å². The maximum absolute atomic E-state index is 13.2. The van der Waals surface area contributed by atoms with Crippen molar-refractivity contribution in [3.63, 3.8) is 0 Å². The second kappa shape index (κ2) is 7.75. The maximum Gasteiger partial charge on any atom is 0.325 e. The fourth-order valence-electron chi connectivity index (χ4n) is 3.01. The zero-order valence-corrected chi connectivity index (χ0v) is 15.9. The number of alkyl halides is 2. The first-order chi connectivity index (χ1) is 13.2. The normalized spacial score (nSPS) is 19.3. The van der Waals surface area contributed by atoms with Gasteiger partial charge in [-0.2, -0.15) is 8.78 Å². The highest BCUT2D eigenvalue weighted by atomic mass is 32.2. The van der Waals surface area contributed by atoms with E-state index in [9.17, 15) is 22.8 Å². The lowest BCUT2D eigenvalue weighted by molar-refractivity contribution is -0.131. The van der Waals surface area contributed by atoms with Crippen molar-refractivity contribution in [2.45, 2.75) is 29.7 Å². The summed E-state index contributed by atoms with van der Waals surface area (Å²) < 4.78 is 43.5. The van der Waals surface area contributed by atoms with Crippen LogP contribution >= 0.6 is 11.8 Å². The molecule has 0 aromatic heterocycles. The molecule has 1 unspecified atom stereocenters. The lowest BCUT2D eigenvalue weighted by atomic mass is 9.92. The van der Waals surface area contributed by atoms with Crippen LogP contribution in [0.1, 0.15) is 18.1 Å². The molecule has 28 heavy (non-hydrogen) atoms. The maximum atomic E-state index is 13.2. The second-order valence-electron chi connectivity index (χ2n) is 6.32. The number of imide groups is 1. The zero-order valence-electron chi connectivity index (χ0n) is 15.0. The van der Waals surface area contributed by atoms with E-state index in [-0.39, 0.29) is 17.2 Å². The van der Waals surface area contributed by atoms with Crippen LogP contribution in [0.4, 0.5) is 18.0 Å². The molecule has 1 fully saturated rings. The van der Waals surface area contributed by atoms with E-state index >= 15 is 0 Å². The molecule has 148 valence electrons. The predicted octanol–water partition coefficient (Wildman–Crippen LogP) is 4.12. The second-order valence-corrected chi connectivity index (χ2v) is 7.35. The van der Waals surface area contributed by atoms with Crippen molar-refractivity contribution < 1.29 is 27.5 Å². The number of ether oxygens (including phenoxy) is 1. The highest BCUT2D eigenvalue weighted by Crippen LogP contribution is 2.35. The van der Waals surface area contributed by atoms with Crippen molar-refractivity contribution in [1.29, 1.82) is 0 Å². The van der Waals surface area contributed by atoms with Crippen molar-refractivity contribution in [2.24, 2.45) is 0 Å². The Hall–Kier alpha value is -2.68. The number of urea groups is 1. The number of nitrogens with one attached hydrogen (secondary N) is 1. The molecule has 0 radical (unpaired) electrons. The van der Waals surface area contributed by atoms with Gasteiger partial charge in [-0.05, 0) is 42.3 Å². The van der Waals surface area contributed by atoms with Gasteiger partial charge in [0.05, 0.1) is 18.6 Å². The van der Waals surface area contributed by atoms with E-state index in [1.54, 1.807) is 13.0 Å². The first-order valence-electron chi connectivity index (χ1n) is 8.26.